The van der Waals surface area contributed by atoms with E-state index in [9.17, 15) is 19.5 Å². The third kappa shape index (κ3) is 3.95. The van der Waals surface area contributed by atoms with Gasteiger partial charge in [0.15, 0.2) is 0 Å². The van der Waals surface area contributed by atoms with E-state index in [1.807, 2.05) is 0 Å². The van der Waals surface area contributed by atoms with E-state index < -0.39 is 18.0 Å². The fourth-order valence-electron chi connectivity index (χ4n) is 3.60. The van der Waals surface area contributed by atoms with E-state index in [1.54, 1.807) is 6.92 Å². The maximum atomic E-state index is 12.2. The van der Waals surface area contributed by atoms with Crippen LogP contribution in [0.1, 0.15) is 45.4 Å². The predicted molar refractivity (Wildman–Crippen MR) is 74.4 cm³/mol. The molecule has 0 spiro atoms. The van der Waals surface area contributed by atoms with Gasteiger partial charge in [0.25, 0.3) is 0 Å². The standard InChI is InChI=1S/C15H23NO5/c1-2-21-13(17)6-5-12(15(19)20)16-14(18)11-8-9-3-4-10(11)7-9/h9-12H,2-8H2,1H3,(H,16,18)(H,19,20)/t9?,10?,11?,12-/m0/s1. The number of fused-ring (bicyclic) bond motifs is 2. The Balaban J connectivity index is 1.83. The average Bonchev–Trinajstić information content (AvgIpc) is 3.05. The Kier molecular flexibility index (Phi) is 5.20. The lowest BCUT2D eigenvalue weighted by atomic mass is 9.88. The Morgan fingerprint density at radius 1 is 1.29 bits per heavy atom. The van der Waals surface area contributed by atoms with Gasteiger partial charge < -0.3 is 15.2 Å². The van der Waals surface area contributed by atoms with Gasteiger partial charge in [0.05, 0.1) is 6.61 Å². The SMILES string of the molecule is CCOC(=O)CC[C@H](NC(=O)C1CC2CCC1C2)C(=O)O. The van der Waals surface area contributed by atoms with Crippen molar-refractivity contribution in [2.24, 2.45) is 17.8 Å². The minimum Gasteiger partial charge on any atom is -0.480 e. The number of hydrogen-bond acceptors (Lipinski definition) is 4. The van der Waals surface area contributed by atoms with Gasteiger partial charge in [-0.3, -0.25) is 9.59 Å². The molecule has 118 valence electrons. The molecule has 0 radical (unpaired) electrons. The largest absolute Gasteiger partial charge is 0.480 e. The molecule has 0 aromatic rings. The van der Waals surface area contributed by atoms with Gasteiger partial charge in [-0.15, -0.1) is 0 Å². The van der Waals surface area contributed by atoms with Crippen molar-refractivity contribution in [1.29, 1.82) is 0 Å². The van der Waals surface area contributed by atoms with Crippen molar-refractivity contribution in [3.63, 3.8) is 0 Å². The Hall–Kier alpha value is -1.59. The molecule has 21 heavy (non-hydrogen) atoms. The second-order valence-corrected chi connectivity index (χ2v) is 6.02. The second kappa shape index (κ2) is 6.91. The molecule has 1 amide bonds. The third-order valence-electron chi connectivity index (χ3n) is 4.63. The third-order valence-corrected chi connectivity index (χ3v) is 4.63. The number of aliphatic carboxylic acids is 1. The van der Waals surface area contributed by atoms with E-state index in [0.29, 0.717) is 11.8 Å². The first kappa shape index (κ1) is 15.8. The number of carbonyl (C=O) groups is 3. The van der Waals surface area contributed by atoms with Crippen molar-refractivity contribution in [2.45, 2.75) is 51.5 Å². The highest BCUT2D eigenvalue weighted by molar-refractivity contribution is 5.85. The van der Waals surface area contributed by atoms with Crippen LogP contribution in [0.2, 0.25) is 0 Å². The highest BCUT2D eigenvalue weighted by atomic mass is 16.5. The summed E-state index contributed by atoms with van der Waals surface area (Å²) in [5.41, 5.74) is 0. The van der Waals surface area contributed by atoms with Crippen LogP contribution in [0.15, 0.2) is 0 Å². The fourth-order valence-corrected chi connectivity index (χ4v) is 3.60. The van der Waals surface area contributed by atoms with E-state index in [1.165, 1.54) is 6.42 Å². The number of carboxylic acid groups (broad SMARTS) is 1. The summed E-state index contributed by atoms with van der Waals surface area (Å²) in [5.74, 6) is -0.705. The molecule has 0 aromatic heterocycles. The van der Waals surface area contributed by atoms with E-state index in [-0.39, 0.29) is 31.3 Å². The van der Waals surface area contributed by atoms with Gasteiger partial charge in [-0.25, -0.2) is 4.79 Å². The number of esters is 1. The van der Waals surface area contributed by atoms with Crippen molar-refractivity contribution in [2.75, 3.05) is 6.61 Å². The molecule has 0 saturated heterocycles. The lowest BCUT2D eigenvalue weighted by molar-refractivity contribution is -0.145. The van der Waals surface area contributed by atoms with Gasteiger partial charge in [-0.1, -0.05) is 6.42 Å². The maximum Gasteiger partial charge on any atom is 0.326 e. The average molecular weight is 297 g/mol. The Morgan fingerprint density at radius 3 is 2.57 bits per heavy atom. The smallest absolute Gasteiger partial charge is 0.326 e. The van der Waals surface area contributed by atoms with Gasteiger partial charge in [0, 0.05) is 12.3 Å². The molecule has 2 aliphatic carbocycles. The summed E-state index contributed by atoms with van der Waals surface area (Å²) in [4.78, 5) is 34.7. The van der Waals surface area contributed by atoms with Crippen molar-refractivity contribution in [3.8, 4) is 0 Å². The molecule has 6 heteroatoms. The van der Waals surface area contributed by atoms with E-state index in [2.05, 4.69) is 5.32 Å². The topological polar surface area (TPSA) is 92.7 Å². The number of ether oxygens (including phenoxy) is 1. The molecule has 2 aliphatic rings. The zero-order chi connectivity index (χ0) is 15.4. The Labute approximate surface area is 124 Å². The van der Waals surface area contributed by atoms with E-state index in [4.69, 9.17) is 4.74 Å². The number of nitrogens with one attached hydrogen (secondary N) is 1. The van der Waals surface area contributed by atoms with Crippen LogP contribution < -0.4 is 5.32 Å². The number of carboxylic acids is 1. The van der Waals surface area contributed by atoms with Gasteiger partial charge in [-0.05, 0) is 44.4 Å². The monoisotopic (exact) mass is 297 g/mol. The molecule has 2 saturated carbocycles. The number of carbonyl (C=O) groups excluding carboxylic acids is 2. The van der Waals surface area contributed by atoms with Crippen molar-refractivity contribution in [3.05, 3.63) is 0 Å². The first-order chi connectivity index (χ1) is 10.0. The van der Waals surface area contributed by atoms with E-state index in [0.717, 1.165) is 19.3 Å². The number of rotatable bonds is 7. The molecular weight excluding hydrogens is 274 g/mol. The van der Waals surface area contributed by atoms with Gasteiger partial charge in [0.1, 0.15) is 6.04 Å². The molecular formula is C15H23NO5. The Morgan fingerprint density at radius 2 is 2.05 bits per heavy atom. The maximum absolute atomic E-state index is 12.2. The van der Waals surface area contributed by atoms with Crippen LogP contribution >= 0.6 is 0 Å². The molecule has 2 bridgehead atoms. The number of hydrogen-bond donors (Lipinski definition) is 2. The van der Waals surface area contributed by atoms with Crippen LogP contribution in [0.5, 0.6) is 0 Å². The predicted octanol–water partition coefficient (Wildman–Crippen LogP) is 1.34. The minimum absolute atomic E-state index is 0.00179. The summed E-state index contributed by atoms with van der Waals surface area (Å²) in [6, 6.07) is -1.01. The van der Waals surface area contributed by atoms with Crippen molar-refractivity contribution >= 4 is 17.8 Å². The van der Waals surface area contributed by atoms with Gasteiger partial charge in [0.2, 0.25) is 5.91 Å². The van der Waals surface area contributed by atoms with E-state index >= 15 is 0 Å². The van der Waals surface area contributed by atoms with Crippen LogP contribution in [-0.4, -0.2) is 35.6 Å². The summed E-state index contributed by atoms with van der Waals surface area (Å²) in [6.45, 7) is 1.97. The van der Waals surface area contributed by atoms with Crippen LogP contribution in [0, 0.1) is 17.8 Å². The minimum atomic E-state index is -1.10. The molecule has 6 nitrogen and oxygen atoms in total. The first-order valence-electron chi connectivity index (χ1n) is 7.70. The van der Waals surface area contributed by atoms with Crippen LogP contribution in [0.4, 0.5) is 0 Å². The van der Waals surface area contributed by atoms with Crippen molar-refractivity contribution in [1.82, 2.24) is 5.32 Å². The molecule has 2 N–H and O–H groups in total. The van der Waals surface area contributed by atoms with Gasteiger partial charge >= 0.3 is 11.9 Å². The molecule has 2 fully saturated rings. The van der Waals surface area contributed by atoms with Gasteiger partial charge in [-0.2, -0.15) is 0 Å². The summed E-state index contributed by atoms with van der Waals surface area (Å²) in [7, 11) is 0. The molecule has 0 aromatic carbocycles. The Bertz CT molecular complexity index is 422. The highest BCUT2D eigenvalue weighted by Gasteiger charge is 2.43. The zero-order valence-electron chi connectivity index (χ0n) is 12.3. The summed E-state index contributed by atoms with van der Waals surface area (Å²) in [5, 5.41) is 11.8. The normalized spacial score (nSPS) is 28.1. The van der Waals surface area contributed by atoms with Crippen LogP contribution in [0.25, 0.3) is 0 Å². The molecule has 2 rings (SSSR count). The van der Waals surface area contributed by atoms with Crippen LogP contribution in [-0.2, 0) is 19.1 Å². The second-order valence-electron chi connectivity index (χ2n) is 6.02. The summed E-state index contributed by atoms with van der Waals surface area (Å²) >= 11 is 0. The summed E-state index contributed by atoms with van der Waals surface area (Å²) < 4.78 is 4.77. The molecule has 3 unspecified atom stereocenters. The molecule has 4 atom stereocenters. The van der Waals surface area contributed by atoms with Crippen LogP contribution in [0.3, 0.4) is 0 Å². The lowest BCUT2D eigenvalue weighted by Crippen LogP contribution is -2.45. The zero-order valence-corrected chi connectivity index (χ0v) is 12.3. The molecule has 0 aliphatic heterocycles. The highest BCUT2D eigenvalue weighted by Crippen LogP contribution is 2.48. The first-order valence-corrected chi connectivity index (χ1v) is 7.70. The molecule has 0 heterocycles. The summed E-state index contributed by atoms with van der Waals surface area (Å²) in [6.07, 6.45) is 4.31. The van der Waals surface area contributed by atoms with Crippen molar-refractivity contribution < 1.29 is 24.2 Å². The number of amides is 1. The quantitative estimate of drug-likeness (QED) is 0.692. The fraction of sp³-hybridized carbons (Fsp3) is 0.800. The lowest BCUT2D eigenvalue weighted by Gasteiger charge is -2.23.